The van der Waals surface area contributed by atoms with Crippen LogP contribution in [0.3, 0.4) is 0 Å². The lowest BCUT2D eigenvalue weighted by Gasteiger charge is -2.36. The number of aliphatic hydroxyl groups is 2. The van der Waals surface area contributed by atoms with Crippen molar-refractivity contribution in [3.05, 3.63) is 47.7 Å². The first kappa shape index (κ1) is 20.6. The summed E-state index contributed by atoms with van der Waals surface area (Å²) in [6.45, 7) is 0. The Labute approximate surface area is 175 Å². The van der Waals surface area contributed by atoms with Crippen molar-refractivity contribution in [2.75, 3.05) is 10.6 Å². The van der Waals surface area contributed by atoms with Crippen LogP contribution in [0.5, 0.6) is 0 Å². The van der Waals surface area contributed by atoms with Crippen molar-refractivity contribution >= 4 is 17.7 Å². The van der Waals surface area contributed by atoms with Gasteiger partial charge in [-0.15, -0.1) is 0 Å². The quantitative estimate of drug-likeness (QED) is 0.492. The topological polar surface area (TPSA) is 133 Å². The minimum Gasteiger partial charge on any atom is -0.391 e. The first-order valence-electron chi connectivity index (χ1n) is 10.6. The fraction of sp³-hybridized carbons (Fsp3) is 0.500. The lowest BCUT2D eigenvalue weighted by molar-refractivity contribution is -0.00337. The zero-order valence-corrected chi connectivity index (χ0v) is 16.9. The Morgan fingerprint density at radius 2 is 1.83 bits per heavy atom. The number of nitrogens with one attached hydrogen (secondary N) is 2. The molecule has 6 N–H and O–H groups in total. The fourth-order valence-corrected chi connectivity index (χ4v) is 4.49. The van der Waals surface area contributed by atoms with Gasteiger partial charge < -0.3 is 26.6 Å². The van der Waals surface area contributed by atoms with Gasteiger partial charge in [-0.25, -0.2) is 4.98 Å². The second-order valence-corrected chi connectivity index (χ2v) is 8.39. The predicted octanol–water partition coefficient (Wildman–Crippen LogP) is 2.14. The molecule has 2 aliphatic rings. The van der Waals surface area contributed by atoms with Crippen molar-refractivity contribution in [1.82, 2.24) is 9.97 Å². The van der Waals surface area contributed by atoms with Crippen LogP contribution in [0.1, 0.15) is 60.9 Å². The first-order chi connectivity index (χ1) is 14.4. The molecule has 2 aliphatic carbocycles. The lowest BCUT2D eigenvalue weighted by Crippen LogP contribution is -2.36. The van der Waals surface area contributed by atoms with Crippen molar-refractivity contribution in [1.29, 1.82) is 0 Å². The van der Waals surface area contributed by atoms with Gasteiger partial charge in [0.25, 0.3) is 5.91 Å². The molecule has 2 atom stereocenters. The number of anilines is 2. The predicted molar refractivity (Wildman–Crippen MR) is 114 cm³/mol. The molecule has 1 aromatic heterocycles. The van der Waals surface area contributed by atoms with Crippen molar-refractivity contribution in [3.63, 3.8) is 0 Å². The average Bonchev–Trinajstić information content (AvgIpc) is 3.15. The van der Waals surface area contributed by atoms with E-state index in [-0.39, 0.29) is 17.6 Å². The summed E-state index contributed by atoms with van der Waals surface area (Å²) < 4.78 is 0. The maximum Gasteiger partial charge on any atom is 0.254 e. The summed E-state index contributed by atoms with van der Waals surface area (Å²) in [5.41, 5.74) is 5.83. The van der Waals surface area contributed by atoms with Gasteiger partial charge in [-0.3, -0.25) is 4.79 Å². The van der Waals surface area contributed by atoms with Gasteiger partial charge in [-0.1, -0.05) is 30.3 Å². The smallest absolute Gasteiger partial charge is 0.254 e. The molecule has 0 radical (unpaired) electrons. The number of aliphatic hydroxyl groups excluding tert-OH is 1. The highest BCUT2D eigenvalue weighted by Gasteiger charge is 2.35. The summed E-state index contributed by atoms with van der Waals surface area (Å²) in [6.07, 6.45) is 6.26. The second kappa shape index (κ2) is 8.57. The summed E-state index contributed by atoms with van der Waals surface area (Å²) in [5, 5.41) is 27.6. The molecule has 0 bridgehead atoms. The van der Waals surface area contributed by atoms with E-state index in [0.717, 1.165) is 37.7 Å². The van der Waals surface area contributed by atoms with Crippen LogP contribution in [0.4, 0.5) is 11.8 Å². The van der Waals surface area contributed by atoms with Gasteiger partial charge in [0.15, 0.2) is 0 Å². The van der Waals surface area contributed by atoms with E-state index in [1.54, 1.807) is 0 Å². The zero-order chi connectivity index (χ0) is 21.1. The monoisotopic (exact) mass is 411 g/mol. The third-order valence-electron chi connectivity index (χ3n) is 6.31. The Kier molecular flexibility index (Phi) is 5.87. The number of nitrogens with two attached hydrogens (primary N) is 1. The molecule has 2 saturated carbocycles. The molecule has 0 spiro atoms. The largest absolute Gasteiger partial charge is 0.391 e. The maximum atomic E-state index is 11.8. The van der Waals surface area contributed by atoms with E-state index in [2.05, 4.69) is 20.6 Å². The third kappa shape index (κ3) is 4.39. The average molecular weight is 412 g/mol. The first-order valence-corrected chi connectivity index (χ1v) is 10.6. The van der Waals surface area contributed by atoms with Gasteiger partial charge in [-0.05, 0) is 50.5 Å². The molecule has 8 heteroatoms. The van der Waals surface area contributed by atoms with Gasteiger partial charge in [0.2, 0.25) is 5.95 Å². The Morgan fingerprint density at radius 1 is 1.10 bits per heavy atom. The molecular weight excluding hydrogens is 382 g/mol. The number of benzene rings is 1. The van der Waals surface area contributed by atoms with Crippen LogP contribution in [-0.2, 0) is 5.60 Å². The zero-order valence-electron chi connectivity index (χ0n) is 16.9. The Bertz CT molecular complexity index is 884. The van der Waals surface area contributed by atoms with Gasteiger partial charge >= 0.3 is 0 Å². The number of carbonyl (C=O) groups is 1. The van der Waals surface area contributed by atoms with E-state index < -0.39 is 17.6 Å². The van der Waals surface area contributed by atoms with Crippen LogP contribution < -0.4 is 16.4 Å². The van der Waals surface area contributed by atoms with E-state index in [9.17, 15) is 15.0 Å². The van der Waals surface area contributed by atoms with Crippen LogP contribution in [0.15, 0.2) is 36.5 Å². The van der Waals surface area contributed by atoms with Crippen molar-refractivity contribution in [3.8, 4) is 0 Å². The van der Waals surface area contributed by atoms with E-state index in [1.165, 1.54) is 6.20 Å². The van der Waals surface area contributed by atoms with E-state index in [1.807, 2.05) is 30.3 Å². The molecule has 1 amide bonds. The number of hydrogen-bond donors (Lipinski definition) is 5. The highest BCUT2D eigenvalue weighted by molar-refractivity contribution is 5.97. The third-order valence-corrected chi connectivity index (χ3v) is 6.31. The summed E-state index contributed by atoms with van der Waals surface area (Å²) in [7, 11) is 0. The van der Waals surface area contributed by atoms with E-state index in [0.29, 0.717) is 24.6 Å². The molecule has 0 saturated heterocycles. The number of hydrogen-bond acceptors (Lipinski definition) is 7. The fourth-order valence-electron chi connectivity index (χ4n) is 4.49. The molecule has 1 aromatic carbocycles. The summed E-state index contributed by atoms with van der Waals surface area (Å²) >= 11 is 0. The van der Waals surface area contributed by atoms with Crippen LogP contribution in [0.25, 0.3) is 0 Å². The second-order valence-electron chi connectivity index (χ2n) is 8.39. The standard InChI is InChI=1S/C22H29N5O3/c23-19(29)16-13-24-21(27-20(16)26-17-7-4-8-18(17)28)25-15-9-11-22(30,12-10-15)14-5-2-1-3-6-14/h1-3,5-6,13,15,17-18,28,30H,4,7-12H2,(H2,23,29)(H2,24,25,26,27)/t15?,17?,18-,22?/m0/s1. The normalized spacial score (nSPS) is 28.8. The maximum absolute atomic E-state index is 11.8. The number of aromatic nitrogens is 2. The molecular formula is C22H29N5O3. The number of carbonyl (C=O) groups excluding carboxylic acids is 1. The molecule has 8 nitrogen and oxygen atoms in total. The highest BCUT2D eigenvalue weighted by atomic mass is 16.3. The highest BCUT2D eigenvalue weighted by Crippen LogP contribution is 2.37. The van der Waals surface area contributed by atoms with Crippen molar-refractivity contribution in [2.24, 2.45) is 5.73 Å². The Hall–Kier alpha value is -2.71. The number of amides is 1. The molecule has 1 heterocycles. The van der Waals surface area contributed by atoms with Crippen LogP contribution >= 0.6 is 0 Å². The van der Waals surface area contributed by atoms with Gasteiger partial charge in [0, 0.05) is 12.2 Å². The molecule has 1 unspecified atom stereocenters. The summed E-state index contributed by atoms with van der Waals surface area (Å²) in [5.74, 6) is 0.148. The van der Waals surface area contributed by atoms with E-state index in [4.69, 9.17) is 5.73 Å². The van der Waals surface area contributed by atoms with Gasteiger partial charge in [0.05, 0.1) is 23.3 Å². The van der Waals surface area contributed by atoms with Crippen molar-refractivity contribution < 1.29 is 15.0 Å². The molecule has 160 valence electrons. The van der Waals surface area contributed by atoms with Gasteiger partial charge in [0.1, 0.15) is 5.82 Å². The number of primary amides is 1. The Morgan fingerprint density at radius 3 is 2.47 bits per heavy atom. The lowest BCUT2D eigenvalue weighted by atomic mass is 9.78. The molecule has 4 rings (SSSR count). The van der Waals surface area contributed by atoms with E-state index >= 15 is 0 Å². The van der Waals surface area contributed by atoms with Crippen molar-refractivity contribution in [2.45, 2.75) is 68.7 Å². The summed E-state index contributed by atoms with van der Waals surface area (Å²) in [6, 6.07) is 9.75. The summed E-state index contributed by atoms with van der Waals surface area (Å²) in [4.78, 5) is 20.5. The SMILES string of the molecule is NC(=O)c1cnc(NC2CCC(O)(c3ccccc3)CC2)nc1NC1CCC[C@@H]1O. The van der Waals surface area contributed by atoms with Crippen LogP contribution in [0.2, 0.25) is 0 Å². The Balaban J connectivity index is 1.43. The minimum absolute atomic E-state index is 0.123. The molecule has 0 aliphatic heterocycles. The van der Waals surface area contributed by atoms with Crippen LogP contribution in [0, 0.1) is 0 Å². The van der Waals surface area contributed by atoms with Gasteiger partial charge in [-0.2, -0.15) is 4.98 Å². The molecule has 2 aromatic rings. The number of nitrogens with zero attached hydrogens (tertiary/aromatic N) is 2. The molecule has 30 heavy (non-hydrogen) atoms. The van der Waals surface area contributed by atoms with Crippen LogP contribution in [-0.4, -0.2) is 44.3 Å². The minimum atomic E-state index is -0.804. The number of rotatable bonds is 6. The molecule has 2 fully saturated rings.